The molecule has 0 aromatic heterocycles. The summed E-state index contributed by atoms with van der Waals surface area (Å²) in [5.74, 6) is 0.237. The third-order valence-corrected chi connectivity index (χ3v) is 3.61. The second kappa shape index (κ2) is 8.24. The molecule has 1 aromatic rings. The van der Waals surface area contributed by atoms with Gasteiger partial charge in [0.2, 0.25) is 0 Å². The fourth-order valence-corrected chi connectivity index (χ4v) is 2.60. The highest BCUT2D eigenvalue weighted by Gasteiger charge is 2.19. The summed E-state index contributed by atoms with van der Waals surface area (Å²) in [5.41, 5.74) is 5.91. The zero-order valence-electron chi connectivity index (χ0n) is 12.0. The molecule has 0 aliphatic rings. The first-order valence-electron chi connectivity index (χ1n) is 6.55. The van der Waals surface area contributed by atoms with Crippen molar-refractivity contribution in [1.82, 2.24) is 4.90 Å². The van der Waals surface area contributed by atoms with Crippen molar-refractivity contribution in [1.29, 1.82) is 0 Å². The van der Waals surface area contributed by atoms with Crippen LogP contribution in [0.3, 0.4) is 0 Å². The number of oxime groups is 1. The van der Waals surface area contributed by atoms with E-state index in [9.17, 15) is 4.79 Å². The fourth-order valence-electron chi connectivity index (χ4n) is 1.85. The lowest BCUT2D eigenvalue weighted by Gasteiger charge is -2.25. The number of nitrogens with zero attached hydrogens (tertiary/aromatic N) is 2. The van der Waals surface area contributed by atoms with E-state index in [2.05, 4.69) is 21.1 Å². The van der Waals surface area contributed by atoms with E-state index in [0.717, 1.165) is 4.47 Å². The van der Waals surface area contributed by atoms with Crippen LogP contribution in [0, 0.1) is 5.92 Å². The van der Waals surface area contributed by atoms with Gasteiger partial charge in [-0.1, -0.05) is 46.5 Å². The van der Waals surface area contributed by atoms with Crippen molar-refractivity contribution in [2.75, 3.05) is 13.1 Å². The van der Waals surface area contributed by atoms with Crippen molar-refractivity contribution in [2.24, 2.45) is 16.8 Å². The Labute approximate surface area is 137 Å². The molecule has 0 aliphatic heterocycles. The molecule has 116 valence electrons. The van der Waals surface area contributed by atoms with E-state index < -0.39 is 0 Å². The van der Waals surface area contributed by atoms with E-state index in [-0.39, 0.29) is 11.7 Å². The van der Waals surface area contributed by atoms with Gasteiger partial charge in [0, 0.05) is 24.0 Å². The predicted octanol–water partition coefficient (Wildman–Crippen LogP) is 3.34. The quantitative estimate of drug-likeness (QED) is 0.346. The minimum absolute atomic E-state index is 0.0958. The summed E-state index contributed by atoms with van der Waals surface area (Å²) in [7, 11) is 0. The molecule has 0 aliphatic carbocycles. The van der Waals surface area contributed by atoms with Crippen molar-refractivity contribution in [2.45, 2.75) is 20.3 Å². The number of amides is 1. The fraction of sp³-hybridized carbons (Fsp3) is 0.429. The van der Waals surface area contributed by atoms with Crippen molar-refractivity contribution < 1.29 is 10.0 Å². The van der Waals surface area contributed by atoms with Gasteiger partial charge in [0.15, 0.2) is 0 Å². The molecular formula is C14H19BrClN3O2. The van der Waals surface area contributed by atoms with Crippen LogP contribution in [0.15, 0.2) is 27.8 Å². The zero-order chi connectivity index (χ0) is 16.0. The van der Waals surface area contributed by atoms with Crippen LogP contribution >= 0.6 is 27.5 Å². The molecule has 1 amide bonds. The molecule has 0 saturated carbocycles. The third kappa shape index (κ3) is 5.55. The van der Waals surface area contributed by atoms with Gasteiger partial charge in [-0.25, -0.2) is 0 Å². The number of amidine groups is 1. The Morgan fingerprint density at radius 2 is 2.19 bits per heavy atom. The van der Waals surface area contributed by atoms with Crippen molar-refractivity contribution in [3.63, 3.8) is 0 Å². The minimum atomic E-state index is -0.160. The molecule has 21 heavy (non-hydrogen) atoms. The molecule has 0 unspecified atom stereocenters. The van der Waals surface area contributed by atoms with Gasteiger partial charge >= 0.3 is 0 Å². The molecule has 5 nitrogen and oxygen atoms in total. The molecule has 0 atom stereocenters. The van der Waals surface area contributed by atoms with Crippen molar-refractivity contribution in [3.05, 3.63) is 33.3 Å². The lowest BCUT2D eigenvalue weighted by molar-refractivity contribution is 0.0740. The van der Waals surface area contributed by atoms with Crippen molar-refractivity contribution >= 4 is 39.3 Å². The Balaban J connectivity index is 2.93. The van der Waals surface area contributed by atoms with Gasteiger partial charge in [-0.3, -0.25) is 4.79 Å². The molecule has 0 fully saturated rings. The minimum Gasteiger partial charge on any atom is -0.409 e. The summed E-state index contributed by atoms with van der Waals surface area (Å²) in [6.07, 6.45) is 0.309. The molecule has 1 rings (SSSR count). The van der Waals surface area contributed by atoms with Gasteiger partial charge in [0.25, 0.3) is 5.91 Å². The molecule has 7 heteroatoms. The summed E-state index contributed by atoms with van der Waals surface area (Å²) >= 11 is 9.44. The standard InChI is InChI=1S/C14H19BrClN3O2/c1-9(2)8-19(6-5-13(17)18-21)14(20)11-4-3-10(15)7-12(11)16/h3-4,7,9,21H,5-6,8H2,1-2H3,(H2,17,18). The monoisotopic (exact) mass is 375 g/mol. The largest absolute Gasteiger partial charge is 0.409 e. The molecule has 1 aromatic carbocycles. The summed E-state index contributed by atoms with van der Waals surface area (Å²) in [5, 5.41) is 11.9. The maximum absolute atomic E-state index is 12.6. The van der Waals surface area contributed by atoms with E-state index in [0.29, 0.717) is 36.0 Å². The summed E-state index contributed by atoms with van der Waals surface area (Å²) < 4.78 is 0.816. The van der Waals surface area contributed by atoms with Crippen LogP contribution in [0.5, 0.6) is 0 Å². The van der Waals surface area contributed by atoms with E-state index in [4.69, 9.17) is 22.5 Å². The highest BCUT2D eigenvalue weighted by atomic mass is 79.9. The van der Waals surface area contributed by atoms with E-state index in [1.54, 1.807) is 23.1 Å². The first-order valence-corrected chi connectivity index (χ1v) is 7.73. The first-order chi connectivity index (χ1) is 9.85. The molecule has 0 saturated heterocycles. The molecular weight excluding hydrogens is 358 g/mol. The Bertz CT molecular complexity index is 535. The van der Waals surface area contributed by atoms with Gasteiger partial charge in [0.1, 0.15) is 5.84 Å². The maximum Gasteiger partial charge on any atom is 0.255 e. The first kappa shape index (κ1) is 17.8. The second-order valence-electron chi connectivity index (χ2n) is 5.11. The number of hydrogen-bond donors (Lipinski definition) is 2. The summed E-state index contributed by atoms with van der Waals surface area (Å²) in [4.78, 5) is 14.3. The number of nitrogens with two attached hydrogens (primary N) is 1. The lowest BCUT2D eigenvalue weighted by Crippen LogP contribution is -2.37. The van der Waals surface area contributed by atoms with Crippen LogP contribution in [0.2, 0.25) is 5.02 Å². The summed E-state index contributed by atoms with van der Waals surface area (Å²) in [6, 6.07) is 5.15. The van der Waals surface area contributed by atoms with Gasteiger partial charge < -0.3 is 15.8 Å². The Morgan fingerprint density at radius 1 is 1.52 bits per heavy atom. The van der Waals surface area contributed by atoms with Crippen LogP contribution in [-0.4, -0.2) is 34.9 Å². The van der Waals surface area contributed by atoms with Gasteiger partial charge in [0.05, 0.1) is 10.6 Å². The van der Waals surface area contributed by atoms with E-state index >= 15 is 0 Å². The number of benzene rings is 1. The zero-order valence-corrected chi connectivity index (χ0v) is 14.4. The van der Waals surface area contributed by atoms with Gasteiger partial charge in [-0.2, -0.15) is 0 Å². The normalized spacial score (nSPS) is 11.8. The van der Waals surface area contributed by atoms with Crippen LogP contribution in [0.4, 0.5) is 0 Å². The van der Waals surface area contributed by atoms with E-state index in [1.807, 2.05) is 13.8 Å². The SMILES string of the molecule is CC(C)CN(CCC(N)=NO)C(=O)c1ccc(Br)cc1Cl. The van der Waals surface area contributed by atoms with Crippen LogP contribution in [-0.2, 0) is 0 Å². The summed E-state index contributed by atoms with van der Waals surface area (Å²) in [6.45, 7) is 4.99. The highest BCUT2D eigenvalue weighted by molar-refractivity contribution is 9.10. The topological polar surface area (TPSA) is 78.9 Å². The Hall–Kier alpha value is -1.27. The van der Waals surface area contributed by atoms with Crippen LogP contribution in [0.1, 0.15) is 30.6 Å². The maximum atomic E-state index is 12.6. The van der Waals surface area contributed by atoms with Crippen LogP contribution in [0.25, 0.3) is 0 Å². The number of hydrogen-bond acceptors (Lipinski definition) is 3. The molecule has 3 N–H and O–H groups in total. The molecule has 0 bridgehead atoms. The average molecular weight is 377 g/mol. The average Bonchev–Trinajstić information content (AvgIpc) is 2.42. The molecule has 0 heterocycles. The smallest absolute Gasteiger partial charge is 0.255 e. The lowest BCUT2D eigenvalue weighted by atomic mass is 10.1. The Kier molecular flexibility index (Phi) is 6.98. The second-order valence-corrected chi connectivity index (χ2v) is 6.43. The Morgan fingerprint density at radius 3 is 2.71 bits per heavy atom. The van der Waals surface area contributed by atoms with Gasteiger partial charge in [-0.15, -0.1) is 0 Å². The number of halogens is 2. The number of rotatable bonds is 6. The molecule has 0 spiro atoms. The van der Waals surface area contributed by atoms with Gasteiger partial charge in [-0.05, 0) is 24.1 Å². The highest BCUT2D eigenvalue weighted by Crippen LogP contribution is 2.23. The molecule has 0 radical (unpaired) electrons. The third-order valence-electron chi connectivity index (χ3n) is 2.80. The van der Waals surface area contributed by atoms with Crippen LogP contribution < -0.4 is 5.73 Å². The predicted molar refractivity (Wildman–Crippen MR) is 87.9 cm³/mol. The van der Waals surface area contributed by atoms with E-state index in [1.165, 1.54) is 0 Å². The number of carbonyl (C=O) groups is 1. The van der Waals surface area contributed by atoms with Crippen molar-refractivity contribution in [3.8, 4) is 0 Å². The number of carbonyl (C=O) groups excluding carboxylic acids is 1.